The molecule has 3 amide bonds. The van der Waals surface area contributed by atoms with E-state index in [1.165, 1.54) is 25.2 Å². The molecule has 1 heterocycles. The molecule has 1 aliphatic heterocycles. The summed E-state index contributed by atoms with van der Waals surface area (Å²) in [4.78, 5) is 66.4. The second-order valence-corrected chi connectivity index (χ2v) is 13.6. The number of benzene rings is 1. The summed E-state index contributed by atoms with van der Waals surface area (Å²) in [5, 5.41) is 28.5. The maximum absolute atomic E-state index is 13.1. The van der Waals surface area contributed by atoms with Crippen LogP contribution >= 0.6 is 0 Å². The lowest BCUT2D eigenvalue weighted by Crippen LogP contribution is -2.51. The molecule has 0 radical (unpaired) electrons. The Kier molecular flexibility index (Phi) is 22.2. The number of carboxylic acids is 1. The molecule has 19 nitrogen and oxygen atoms in total. The number of aliphatic hydroxyl groups excluding tert-OH is 1. The van der Waals surface area contributed by atoms with Crippen LogP contribution in [0, 0.1) is 11.8 Å². The van der Waals surface area contributed by atoms with Gasteiger partial charge in [0.15, 0.2) is 6.10 Å². The number of aliphatic hydroxyl groups is 1. The van der Waals surface area contributed by atoms with Crippen molar-refractivity contribution in [3.63, 3.8) is 0 Å². The number of aliphatic carboxylic acids is 1. The standard InChI is InChI=1S/C37H58N6O13/c1-24(2)18-28(42-38)22-39-9-12-51-14-16-53-17-15-52-13-10-41-34(46)26-6-7-30(55-32-21-29(45)20-31(56-32)36(48)49)27(19-26)23-54-37(50)43(5)33(25(3)4)35(47)40-8-11-44/h6-7,11,19,22,24-25,29,31-33,45H,8-10,12-18,20-21,23,38H2,1-5H3,(H,40,47)(H,41,46)(H,48,49). The monoisotopic (exact) mass is 794 g/mol. The number of likely N-dealkylation sites (N-methyl/N-ethyl adjacent to an activating group) is 1. The Hall–Kier alpha value is -4.69. The second-order valence-electron chi connectivity index (χ2n) is 13.6. The van der Waals surface area contributed by atoms with Crippen molar-refractivity contribution in [3.05, 3.63) is 29.3 Å². The number of carbonyl (C=O) groups is 5. The van der Waals surface area contributed by atoms with Gasteiger partial charge in [-0.15, -0.1) is 0 Å². The molecule has 4 unspecified atom stereocenters. The molecule has 0 aliphatic carbocycles. The van der Waals surface area contributed by atoms with Crippen molar-refractivity contribution < 1.29 is 62.6 Å². The topological polar surface area (TPSA) is 259 Å². The smallest absolute Gasteiger partial charge is 0.410 e. The molecule has 0 aromatic heterocycles. The first-order chi connectivity index (χ1) is 26.8. The number of carbonyl (C=O) groups excluding carboxylic acids is 4. The number of hydrazone groups is 1. The van der Waals surface area contributed by atoms with Crippen molar-refractivity contribution in [2.75, 3.05) is 66.3 Å². The van der Waals surface area contributed by atoms with Crippen LogP contribution in [0.1, 0.15) is 62.9 Å². The summed E-state index contributed by atoms with van der Waals surface area (Å²) >= 11 is 0. The van der Waals surface area contributed by atoms with E-state index in [1.807, 2.05) is 0 Å². The first-order valence-corrected chi connectivity index (χ1v) is 18.5. The van der Waals surface area contributed by atoms with Gasteiger partial charge in [-0.1, -0.05) is 27.7 Å². The van der Waals surface area contributed by atoms with Gasteiger partial charge in [0, 0.05) is 43.8 Å². The number of nitrogens with one attached hydrogen (secondary N) is 2. The van der Waals surface area contributed by atoms with E-state index in [9.17, 15) is 34.2 Å². The summed E-state index contributed by atoms with van der Waals surface area (Å²) < 4.78 is 33.4. The normalized spacial score (nSPS) is 17.8. The lowest BCUT2D eigenvalue weighted by atomic mass is 10.0. The maximum Gasteiger partial charge on any atom is 0.410 e. The summed E-state index contributed by atoms with van der Waals surface area (Å²) in [6.07, 6.45) is -1.51. The van der Waals surface area contributed by atoms with E-state index >= 15 is 0 Å². The number of hydrogen-bond acceptors (Lipinski definition) is 15. The molecule has 314 valence electrons. The molecule has 56 heavy (non-hydrogen) atoms. The van der Waals surface area contributed by atoms with Gasteiger partial charge in [-0.25, -0.2) is 9.59 Å². The molecule has 6 N–H and O–H groups in total. The molecule has 1 aromatic rings. The van der Waals surface area contributed by atoms with Crippen LogP contribution in [0.15, 0.2) is 28.3 Å². The fourth-order valence-electron chi connectivity index (χ4n) is 5.44. The van der Waals surface area contributed by atoms with E-state index in [1.54, 1.807) is 20.1 Å². The molecule has 1 saturated heterocycles. The number of amides is 3. The van der Waals surface area contributed by atoms with Crippen molar-refractivity contribution in [1.82, 2.24) is 15.5 Å². The van der Waals surface area contributed by atoms with Gasteiger partial charge >= 0.3 is 12.1 Å². The Morgan fingerprint density at radius 3 is 2.32 bits per heavy atom. The van der Waals surface area contributed by atoms with Crippen LogP contribution in [-0.4, -0.2) is 148 Å². The molecule has 0 bridgehead atoms. The van der Waals surface area contributed by atoms with E-state index in [0.29, 0.717) is 51.8 Å². The van der Waals surface area contributed by atoms with Crippen LogP contribution in [0.25, 0.3) is 0 Å². The third-order valence-corrected chi connectivity index (χ3v) is 8.10. The van der Waals surface area contributed by atoms with Crippen molar-refractivity contribution >= 4 is 42.1 Å². The number of aliphatic imine (C=N–C) groups is 1. The summed E-state index contributed by atoms with van der Waals surface area (Å²) in [5.74, 6) is 3.32. The zero-order chi connectivity index (χ0) is 41.5. The van der Waals surface area contributed by atoms with Gasteiger partial charge in [0.1, 0.15) is 24.7 Å². The quantitative estimate of drug-likeness (QED) is 0.0290. The molecule has 0 saturated carbocycles. The summed E-state index contributed by atoms with van der Waals surface area (Å²) in [5.41, 5.74) is 1.15. The first kappa shape index (κ1) is 47.5. The Morgan fingerprint density at radius 2 is 1.70 bits per heavy atom. The van der Waals surface area contributed by atoms with Crippen LogP contribution < -0.4 is 21.2 Å². The van der Waals surface area contributed by atoms with Gasteiger partial charge in [-0.05, 0) is 36.5 Å². The van der Waals surface area contributed by atoms with Crippen LogP contribution in [0.2, 0.25) is 0 Å². The zero-order valence-corrected chi connectivity index (χ0v) is 32.8. The Balaban J connectivity index is 1.90. The molecule has 1 aromatic carbocycles. The SMILES string of the molecule is CC(C)CC(C=NCCOCCOCCOCCNC(=O)c1ccc(OC2CC(O)CC(C(=O)O)O2)c(COC(=O)N(C)C(C(=O)NCC=O)C(C)C)c1)=NN. The van der Waals surface area contributed by atoms with Gasteiger partial charge in [-0.3, -0.25) is 19.5 Å². The van der Waals surface area contributed by atoms with Crippen molar-refractivity contribution in [1.29, 1.82) is 0 Å². The van der Waals surface area contributed by atoms with E-state index in [4.69, 9.17) is 34.3 Å². The minimum Gasteiger partial charge on any atom is -0.479 e. The number of aldehydes is 1. The summed E-state index contributed by atoms with van der Waals surface area (Å²) in [6, 6.07) is 3.38. The molecule has 19 heteroatoms. The van der Waals surface area contributed by atoms with Crippen LogP contribution in [0.3, 0.4) is 0 Å². The number of nitrogens with two attached hydrogens (primary N) is 1. The molecule has 1 fully saturated rings. The Labute approximate surface area is 327 Å². The van der Waals surface area contributed by atoms with Crippen molar-refractivity contribution in [3.8, 4) is 5.75 Å². The average molecular weight is 795 g/mol. The van der Waals surface area contributed by atoms with E-state index in [0.717, 1.165) is 17.0 Å². The third kappa shape index (κ3) is 17.8. The van der Waals surface area contributed by atoms with Crippen molar-refractivity contribution in [2.45, 2.75) is 78.1 Å². The lowest BCUT2D eigenvalue weighted by Gasteiger charge is -2.31. The van der Waals surface area contributed by atoms with E-state index in [2.05, 4.69) is 34.6 Å². The molecular formula is C37H58N6O13. The fraction of sp³-hybridized carbons (Fsp3) is 0.649. The maximum atomic E-state index is 13.1. The Morgan fingerprint density at radius 1 is 1.02 bits per heavy atom. The highest BCUT2D eigenvalue weighted by Crippen LogP contribution is 2.28. The highest BCUT2D eigenvalue weighted by molar-refractivity contribution is 6.30. The van der Waals surface area contributed by atoms with E-state index in [-0.39, 0.29) is 55.3 Å². The summed E-state index contributed by atoms with van der Waals surface area (Å²) in [7, 11) is 1.38. The van der Waals surface area contributed by atoms with Crippen LogP contribution in [0.5, 0.6) is 5.75 Å². The minimum absolute atomic E-state index is 0.0277. The second kappa shape index (κ2) is 26.2. The lowest BCUT2D eigenvalue weighted by molar-refractivity contribution is -0.195. The Bertz CT molecular complexity index is 1460. The predicted octanol–water partition coefficient (Wildman–Crippen LogP) is 1.14. The number of rotatable bonds is 26. The number of nitrogens with zero attached hydrogens (tertiary/aromatic N) is 3. The number of carboxylic acid groups (broad SMARTS) is 1. The largest absolute Gasteiger partial charge is 0.479 e. The number of hydrogen-bond donors (Lipinski definition) is 5. The average Bonchev–Trinajstić information content (AvgIpc) is 3.15. The van der Waals surface area contributed by atoms with Crippen LogP contribution in [-0.2, 0) is 44.7 Å². The van der Waals surface area contributed by atoms with Gasteiger partial charge in [-0.2, -0.15) is 5.10 Å². The third-order valence-electron chi connectivity index (χ3n) is 8.10. The molecular weight excluding hydrogens is 736 g/mol. The molecule has 4 atom stereocenters. The summed E-state index contributed by atoms with van der Waals surface area (Å²) in [6.45, 7) is 9.68. The van der Waals surface area contributed by atoms with Gasteiger partial charge in [0.05, 0.1) is 64.5 Å². The zero-order valence-electron chi connectivity index (χ0n) is 32.8. The molecule has 1 aliphatic rings. The van der Waals surface area contributed by atoms with Crippen LogP contribution in [0.4, 0.5) is 4.79 Å². The first-order valence-electron chi connectivity index (χ1n) is 18.5. The van der Waals surface area contributed by atoms with Crippen molar-refractivity contribution in [2.24, 2.45) is 27.8 Å². The fourth-order valence-corrected chi connectivity index (χ4v) is 5.44. The highest BCUT2D eigenvalue weighted by Gasteiger charge is 2.35. The highest BCUT2D eigenvalue weighted by atomic mass is 16.7. The van der Waals surface area contributed by atoms with E-state index < -0.39 is 55.0 Å². The van der Waals surface area contributed by atoms with Gasteiger partial charge in [0.2, 0.25) is 12.2 Å². The minimum atomic E-state index is -1.30. The predicted molar refractivity (Wildman–Crippen MR) is 203 cm³/mol. The van der Waals surface area contributed by atoms with Gasteiger partial charge < -0.3 is 59.9 Å². The van der Waals surface area contributed by atoms with Gasteiger partial charge in [0.25, 0.3) is 5.91 Å². The number of ether oxygens (including phenoxy) is 6. The molecule has 0 spiro atoms. The molecule has 2 rings (SSSR count).